The Bertz CT molecular complexity index is 587. The summed E-state index contributed by atoms with van der Waals surface area (Å²) in [6.07, 6.45) is 0. The van der Waals surface area contributed by atoms with E-state index in [4.69, 9.17) is 5.26 Å². The first-order valence-corrected chi connectivity index (χ1v) is 8.15. The third-order valence-electron chi connectivity index (χ3n) is 3.08. The number of rotatable bonds is 3. The highest BCUT2D eigenvalue weighted by Crippen LogP contribution is 2.28. The third kappa shape index (κ3) is 3.09. The van der Waals surface area contributed by atoms with Crippen LogP contribution >= 0.6 is 11.8 Å². The van der Waals surface area contributed by atoms with Gasteiger partial charge in [-0.05, 0) is 30.9 Å². The Hall–Kier alpha value is -1.07. The van der Waals surface area contributed by atoms with Crippen LogP contribution in [0.3, 0.4) is 0 Å². The standard InChI is InChI=1S/C12H15N3O2S2/c1-14-6-8-15(9-7-14)19(16,17)12-5-3-2-4-11(12)18-10-13/h2-5H,6-9H2,1H3. The van der Waals surface area contributed by atoms with Crippen molar-refractivity contribution >= 4 is 21.8 Å². The minimum Gasteiger partial charge on any atom is -0.304 e. The van der Waals surface area contributed by atoms with Crippen molar-refractivity contribution in [1.82, 2.24) is 9.21 Å². The summed E-state index contributed by atoms with van der Waals surface area (Å²) in [7, 11) is -1.53. The van der Waals surface area contributed by atoms with Crippen molar-refractivity contribution in [3.05, 3.63) is 24.3 Å². The molecule has 0 spiro atoms. The van der Waals surface area contributed by atoms with Crippen molar-refractivity contribution in [1.29, 1.82) is 5.26 Å². The first-order valence-electron chi connectivity index (χ1n) is 5.89. The lowest BCUT2D eigenvalue weighted by Gasteiger charge is -2.31. The summed E-state index contributed by atoms with van der Waals surface area (Å²) in [5, 5.41) is 10.7. The van der Waals surface area contributed by atoms with E-state index in [1.807, 2.05) is 12.4 Å². The minimum absolute atomic E-state index is 0.228. The highest BCUT2D eigenvalue weighted by Gasteiger charge is 2.29. The van der Waals surface area contributed by atoms with Crippen molar-refractivity contribution in [3.63, 3.8) is 0 Å². The van der Waals surface area contributed by atoms with Crippen molar-refractivity contribution in [2.75, 3.05) is 33.2 Å². The van der Waals surface area contributed by atoms with Gasteiger partial charge in [-0.25, -0.2) is 8.42 Å². The average Bonchev–Trinajstić information content (AvgIpc) is 2.40. The second-order valence-corrected chi connectivity index (χ2v) is 7.08. The van der Waals surface area contributed by atoms with Crippen LogP contribution in [0.15, 0.2) is 34.1 Å². The monoisotopic (exact) mass is 297 g/mol. The Balaban J connectivity index is 2.32. The molecular formula is C12H15N3O2S2. The molecule has 19 heavy (non-hydrogen) atoms. The number of hydrogen-bond donors (Lipinski definition) is 0. The van der Waals surface area contributed by atoms with Crippen LogP contribution in [-0.2, 0) is 10.0 Å². The fourth-order valence-corrected chi connectivity index (χ4v) is 4.31. The van der Waals surface area contributed by atoms with E-state index in [0.29, 0.717) is 18.0 Å². The second kappa shape index (κ2) is 5.92. The van der Waals surface area contributed by atoms with Gasteiger partial charge in [0.2, 0.25) is 10.0 Å². The Labute approximate surface area is 117 Å². The van der Waals surface area contributed by atoms with Crippen LogP contribution in [0.1, 0.15) is 0 Å². The molecule has 5 nitrogen and oxygen atoms in total. The lowest BCUT2D eigenvalue weighted by molar-refractivity contribution is 0.222. The molecule has 2 rings (SSSR count). The lowest BCUT2D eigenvalue weighted by Crippen LogP contribution is -2.47. The van der Waals surface area contributed by atoms with E-state index in [1.165, 1.54) is 4.31 Å². The predicted octanol–water partition coefficient (Wildman–Crippen LogP) is 1.20. The quantitative estimate of drug-likeness (QED) is 0.619. The molecule has 1 heterocycles. The van der Waals surface area contributed by atoms with Crippen LogP contribution in [0.2, 0.25) is 0 Å². The molecule has 1 saturated heterocycles. The Morgan fingerprint density at radius 3 is 2.47 bits per heavy atom. The van der Waals surface area contributed by atoms with E-state index < -0.39 is 10.0 Å². The van der Waals surface area contributed by atoms with Gasteiger partial charge in [-0.15, -0.1) is 0 Å². The van der Waals surface area contributed by atoms with Crippen molar-refractivity contribution in [2.45, 2.75) is 9.79 Å². The molecule has 1 aromatic carbocycles. The van der Waals surface area contributed by atoms with Gasteiger partial charge in [-0.2, -0.15) is 9.57 Å². The van der Waals surface area contributed by atoms with Crippen LogP contribution in [0.25, 0.3) is 0 Å². The first-order chi connectivity index (χ1) is 9.05. The molecule has 1 fully saturated rings. The summed E-state index contributed by atoms with van der Waals surface area (Å²) in [4.78, 5) is 2.82. The molecule has 0 unspecified atom stereocenters. The highest BCUT2D eigenvalue weighted by molar-refractivity contribution is 8.04. The molecule has 0 amide bonds. The number of thioether (sulfide) groups is 1. The molecule has 0 atom stereocenters. The highest BCUT2D eigenvalue weighted by atomic mass is 32.2. The lowest BCUT2D eigenvalue weighted by atomic mass is 10.4. The molecule has 1 aliphatic heterocycles. The predicted molar refractivity (Wildman–Crippen MR) is 74.2 cm³/mol. The fourth-order valence-electron chi connectivity index (χ4n) is 1.96. The van der Waals surface area contributed by atoms with E-state index >= 15 is 0 Å². The van der Waals surface area contributed by atoms with Gasteiger partial charge >= 0.3 is 0 Å². The molecule has 7 heteroatoms. The summed E-state index contributed by atoms with van der Waals surface area (Å²) in [6, 6.07) is 6.65. The zero-order chi connectivity index (χ0) is 13.9. The van der Waals surface area contributed by atoms with E-state index in [9.17, 15) is 8.42 Å². The van der Waals surface area contributed by atoms with Gasteiger partial charge < -0.3 is 4.90 Å². The van der Waals surface area contributed by atoms with Gasteiger partial charge in [0.1, 0.15) is 5.40 Å². The van der Waals surface area contributed by atoms with Crippen molar-refractivity contribution < 1.29 is 8.42 Å². The summed E-state index contributed by atoms with van der Waals surface area (Å²) >= 11 is 0.883. The smallest absolute Gasteiger partial charge is 0.244 e. The van der Waals surface area contributed by atoms with Gasteiger partial charge in [0.25, 0.3) is 0 Å². The molecule has 0 N–H and O–H groups in total. The summed E-state index contributed by atoms with van der Waals surface area (Å²) in [6.45, 7) is 2.44. The maximum Gasteiger partial charge on any atom is 0.244 e. The Morgan fingerprint density at radius 2 is 1.84 bits per heavy atom. The van der Waals surface area contributed by atoms with E-state index in [1.54, 1.807) is 24.3 Å². The van der Waals surface area contributed by atoms with E-state index in [2.05, 4.69) is 4.90 Å². The minimum atomic E-state index is -3.50. The van der Waals surface area contributed by atoms with Crippen molar-refractivity contribution in [2.24, 2.45) is 0 Å². The molecule has 0 aliphatic carbocycles. The molecular weight excluding hydrogens is 282 g/mol. The van der Waals surface area contributed by atoms with E-state index in [0.717, 1.165) is 24.9 Å². The largest absolute Gasteiger partial charge is 0.304 e. The number of benzene rings is 1. The molecule has 102 valence electrons. The normalized spacial score (nSPS) is 18.1. The number of piperazine rings is 1. The Morgan fingerprint density at radius 1 is 1.21 bits per heavy atom. The van der Waals surface area contributed by atoms with Crippen LogP contribution in [0.4, 0.5) is 0 Å². The third-order valence-corrected chi connectivity index (χ3v) is 5.84. The molecule has 0 saturated carbocycles. The van der Waals surface area contributed by atoms with Crippen LogP contribution in [-0.4, -0.2) is 50.8 Å². The zero-order valence-electron chi connectivity index (χ0n) is 10.6. The second-order valence-electron chi connectivity index (χ2n) is 4.35. The molecule has 0 aromatic heterocycles. The maximum absolute atomic E-state index is 12.6. The SMILES string of the molecule is CN1CCN(S(=O)(=O)c2ccccc2SC#N)CC1. The van der Waals surface area contributed by atoms with Gasteiger partial charge in [0.15, 0.2) is 0 Å². The maximum atomic E-state index is 12.6. The zero-order valence-corrected chi connectivity index (χ0v) is 12.2. The molecule has 0 bridgehead atoms. The first kappa shape index (κ1) is 14.3. The van der Waals surface area contributed by atoms with Crippen molar-refractivity contribution in [3.8, 4) is 5.40 Å². The van der Waals surface area contributed by atoms with Gasteiger partial charge in [0, 0.05) is 31.1 Å². The van der Waals surface area contributed by atoms with Crippen LogP contribution in [0, 0.1) is 10.7 Å². The number of nitriles is 1. The number of likely N-dealkylation sites (N-methyl/N-ethyl adjacent to an activating group) is 1. The number of thiocyanates is 1. The van der Waals surface area contributed by atoms with Crippen LogP contribution in [0.5, 0.6) is 0 Å². The average molecular weight is 297 g/mol. The number of hydrogen-bond acceptors (Lipinski definition) is 5. The molecule has 1 aromatic rings. The number of nitrogens with zero attached hydrogens (tertiary/aromatic N) is 3. The van der Waals surface area contributed by atoms with Crippen LogP contribution < -0.4 is 0 Å². The topological polar surface area (TPSA) is 64.4 Å². The Kier molecular flexibility index (Phi) is 4.47. The molecule has 1 aliphatic rings. The molecule has 0 radical (unpaired) electrons. The summed E-state index contributed by atoms with van der Waals surface area (Å²) in [5.74, 6) is 0. The number of sulfonamides is 1. The summed E-state index contributed by atoms with van der Waals surface area (Å²) in [5.41, 5.74) is 0. The fraction of sp³-hybridized carbons (Fsp3) is 0.417. The van der Waals surface area contributed by atoms with E-state index in [-0.39, 0.29) is 4.90 Å². The van der Waals surface area contributed by atoms with Gasteiger partial charge in [0.05, 0.1) is 4.90 Å². The van der Waals surface area contributed by atoms with Gasteiger partial charge in [-0.3, -0.25) is 0 Å². The van der Waals surface area contributed by atoms with Gasteiger partial charge in [-0.1, -0.05) is 12.1 Å². The summed E-state index contributed by atoms with van der Waals surface area (Å²) < 4.78 is 26.6.